The Morgan fingerprint density at radius 3 is 2.43 bits per heavy atom. The van der Waals surface area contributed by atoms with Crippen LogP contribution in [0.3, 0.4) is 0 Å². The van der Waals surface area contributed by atoms with E-state index in [1.807, 2.05) is 32.9 Å². The predicted octanol–water partition coefficient (Wildman–Crippen LogP) is 4.92. The molecule has 0 aromatic heterocycles. The van der Waals surface area contributed by atoms with E-state index in [-0.39, 0.29) is 0 Å². The van der Waals surface area contributed by atoms with Crippen LogP contribution in [-0.2, 0) is 4.74 Å². The molecule has 0 saturated carbocycles. The van der Waals surface area contributed by atoms with Gasteiger partial charge < -0.3 is 4.74 Å². The number of ether oxygens (including phenoxy) is 1. The van der Waals surface area contributed by atoms with E-state index in [2.05, 4.69) is 36.4 Å². The Hall–Kier alpha value is -1.44. The number of amides is 1. The smallest absolute Gasteiger partial charge is 0.412 e. The monoisotopic (exact) mass is 323 g/mol. The molecule has 0 spiro atoms. The average molecular weight is 324 g/mol. The minimum atomic E-state index is -1.48. The van der Waals surface area contributed by atoms with Crippen molar-refractivity contribution in [3.63, 3.8) is 0 Å². The summed E-state index contributed by atoms with van der Waals surface area (Å²) in [5.74, 6) is 3.10. The van der Waals surface area contributed by atoms with Crippen molar-refractivity contribution in [1.29, 1.82) is 0 Å². The normalized spacial score (nSPS) is 11.4. The van der Waals surface area contributed by atoms with Crippen LogP contribution in [0.2, 0.25) is 24.7 Å². The number of carbonyl (C=O) groups excluding carboxylic acids is 1. The van der Waals surface area contributed by atoms with Gasteiger partial charge in [-0.3, -0.25) is 5.32 Å². The topological polar surface area (TPSA) is 38.3 Å². The molecule has 0 saturated heterocycles. The number of halogens is 1. The highest BCUT2D eigenvalue weighted by Crippen LogP contribution is 2.26. The molecule has 1 aromatic carbocycles. The molecule has 5 heteroatoms. The van der Waals surface area contributed by atoms with Crippen LogP contribution in [0.1, 0.15) is 26.3 Å². The van der Waals surface area contributed by atoms with E-state index in [9.17, 15) is 4.79 Å². The van der Waals surface area contributed by atoms with Gasteiger partial charge in [-0.1, -0.05) is 43.2 Å². The molecule has 0 unspecified atom stereocenters. The Kier molecular flexibility index (Phi) is 5.49. The predicted molar refractivity (Wildman–Crippen MR) is 91.5 cm³/mol. The van der Waals surface area contributed by atoms with Crippen molar-refractivity contribution in [2.45, 2.75) is 46.0 Å². The number of hydrogen-bond donors (Lipinski definition) is 1. The van der Waals surface area contributed by atoms with Crippen LogP contribution in [0.25, 0.3) is 0 Å². The highest BCUT2D eigenvalue weighted by atomic mass is 35.5. The molecule has 0 aliphatic rings. The molecule has 3 nitrogen and oxygen atoms in total. The number of nitrogens with one attached hydrogen (secondary N) is 1. The summed E-state index contributed by atoms with van der Waals surface area (Å²) in [5.41, 5.74) is 3.93. The zero-order valence-corrected chi connectivity index (χ0v) is 15.2. The van der Waals surface area contributed by atoms with Crippen LogP contribution in [0.15, 0.2) is 18.2 Å². The van der Waals surface area contributed by atoms with Gasteiger partial charge >= 0.3 is 6.09 Å². The molecule has 1 amide bonds. The van der Waals surface area contributed by atoms with Gasteiger partial charge in [0, 0.05) is 5.56 Å². The molecule has 1 N–H and O–H groups in total. The Morgan fingerprint density at radius 1 is 1.29 bits per heavy atom. The third kappa shape index (κ3) is 6.70. The van der Waals surface area contributed by atoms with E-state index in [0.717, 1.165) is 0 Å². The van der Waals surface area contributed by atoms with Crippen LogP contribution < -0.4 is 5.32 Å². The van der Waals surface area contributed by atoms with Gasteiger partial charge in [-0.15, -0.1) is 5.54 Å². The van der Waals surface area contributed by atoms with E-state index in [1.165, 1.54) is 0 Å². The first-order valence-corrected chi connectivity index (χ1v) is 10.7. The lowest BCUT2D eigenvalue weighted by Gasteiger charge is -2.20. The van der Waals surface area contributed by atoms with E-state index < -0.39 is 19.8 Å². The Balaban J connectivity index is 2.96. The van der Waals surface area contributed by atoms with E-state index >= 15 is 0 Å². The summed E-state index contributed by atoms with van der Waals surface area (Å²) in [4.78, 5) is 11.8. The molecular weight excluding hydrogens is 302 g/mol. The molecule has 0 aliphatic carbocycles. The number of anilines is 1. The molecule has 0 bridgehead atoms. The van der Waals surface area contributed by atoms with Crippen LogP contribution in [-0.4, -0.2) is 19.8 Å². The summed E-state index contributed by atoms with van der Waals surface area (Å²) in [6.07, 6.45) is -0.528. The fourth-order valence-electron chi connectivity index (χ4n) is 1.39. The Bertz CT molecular complexity index is 589. The molecule has 0 atom stereocenters. The third-order valence-corrected chi connectivity index (χ3v) is 3.49. The van der Waals surface area contributed by atoms with Gasteiger partial charge in [-0.2, -0.15) is 0 Å². The average Bonchev–Trinajstić information content (AvgIpc) is 2.26. The number of hydrogen-bond acceptors (Lipinski definition) is 2. The maximum absolute atomic E-state index is 11.8. The molecule has 0 heterocycles. The van der Waals surface area contributed by atoms with Crippen molar-refractivity contribution < 1.29 is 9.53 Å². The molecule has 0 aliphatic heterocycles. The van der Waals surface area contributed by atoms with Crippen molar-refractivity contribution in [1.82, 2.24) is 0 Å². The quantitative estimate of drug-likeness (QED) is 0.588. The van der Waals surface area contributed by atoms with Crippen molar-refractivity contribution in [2.75, 3.05) is 5.32 Å². The number of benzene rings is 1. The summed E-state index contributed by atoms with van der Waals surface area (Å²) in [6.45, 7) is 11.9. The second kappa shape index (κ2) is 6.55. The zero-order valence-electron chi connectivity index (χ0n) is 13.4. The van der Waals surface area contributed by atoms with Crippen LogP contribution in [0, 0.1) is 11.5 Å². The summed E-state index contributed by atoms with van der Waals surface area (Å²) < 4.78 is 5.21. The van der Waals surface area contributed by atoms with E-state index in [4.69, 9.17) is 16.3 Å². The van der Waals surface area contributed by atoms with Crippen LogP contribution in [0.5, 0.6) is 0 Å². The van der Waals surface area contributed by atoms with Crippen LogP contribution >= 0.6 is 11.6 Å². The van der Waals surface area contributed by atoms with Crippen molar-refractivity contribution >= 4 is 31.5 Å². The van der Waals surface area contributed by atoms with Gasteiger partial charge in [0.2, 0.25) is 0 Å². The number of rotatable bonds is 1. The largest absolute Gasteiger partial charge is 0.444 e. The molecule has 1 rings (SSSR count). The summed E-state index contributed by atoms with van der Waals surface area (Å²) in [7, 11) is -1.48. The highest BCUT2D eigenvalue weighted by molar-refractivity contribution is 6.83. The Morgan fingerprint density at radius 2 is 1.90 bits per heavy atom. The SMILES string of the molecule is CC(C)(C)OC(=O)Nc1cccc(C#C[Si](C)(C)C)c1Cl. The zero-order chi connectivity index (χ0) is 16.3. The lowest BCUT2D eigenvalue weighted by molar-refractivity contribution is 0.0636. The van der Waals surface area contributed by atoms with Crippen molar-refractivity contribution in [3.8, 4) is 11.5 Å². The van der Waals surface area contributed by atoms with Gasteiger partial charge in [0.25, 0.3) is 0 Å². The minimum absolute atomic E-state index is 0.439. The van der Waals surface area contributed by atoms with Gasteiger partial charge in [0.1, 0.15) is 13.7 Å². The highest BCUT2D eigenvalue weighted by Gasteiger charge is 2.17. The van der Waals surface area contributed by atoms with Gasteiger partial charge in [-0.05, 0) is 32.9 Å². The summed E-state index contributed by atoms with van der Waals surface area (Å²) in [5, 5.41) is 3.09. The van der Waals surface area contributed by atoms with Crippen molar-refractivity contribution in [2.24, 2.45) is 0 Å². The van der Waals surface area contributed by atoms with Gasteiger partial charge in [0.05, 0.1) is 10.7 Å². The standard InChI is InChI=1S/C16H22ClNO2Si/c1-16(2,3)20-15(19)18-13-9-7-8-12(14(13)17)10-11-21(4,5)6/h7-9H,1-6H3,(H,18,19). The second-order valence-corrected chi connectivity index (χ2v) is 11.9. The number of carbonyl (C=O) groups is 1. The molecule has 0 radical (unpaired) electrons. The summed E-state index contributed by atoms with van der Waals surface area (Å²) >= 11 is 6.30. The van der Waals surface area contributed by atoms with Crippen LogP contribution in [0.4, 0.5) is 10.5 Å². The second-order valence-electron chi connectivity index (χ2n) is 6.79. The third-order valence-electron chi connectivity index (χ3n) is 2.21. The minimum Gasteiger partial charge on any atom is -0.444 e. The molecule has 0 fully saturated rings. The molecular formula is C16H22ClNO2Si. The lowest BCUT2D eigenvalue weighted by Crippen LogP contribution is -2.27. The molecule has 114 valence electrons. The first kappa shape index (κ1) is 17.6. The fourth-order valence-corrected chi connectivity index (χ4v) is 2.12. The molecule has 21 heavy (non-hydrogen) atoms. The van der Waals surface area contributed by atoms with E-state index in [0.29, 0.717) is 16.3 Å². The lowest BCUT2D eigenvalue weighted by atomic mass is 10.2. The first-order chi connectivity index (χ1) is 9.48. The first-order valence-electron chi connectivity index (χ1n) is 6.80. The van der Waals surface area contributed by atoms with Gasteiger partial charge in [-0.25, -0.2) is 4.79 Å². The van der Waals surface area contributed by atoms with E-state index in [1.54, 1.807) is 6.07 Å². The van der Waals surface area contributed by atoms with Crippen molar-refractivity contribution in [3.05, 3.63) is 28.8 Å². The summed E-state index contributed by atoms with van der Waals surface area (Å²) in [6, 6.07) is 5.38. The maximum atomic E-state index is 11.8. The maximum Gasteiger partial charge on any atom is 0.412 e. The Labute approximate surface area is 133 Å². The molecule has 1 aromatic rings. The van der Waals surface area contributed by atoms with Gasteiger partial charge in [0.15, 0.2) is 0 Å². The fraction of sp³-hybridized carbons (Fsp3) is 0.438.